The van der Waals surface area contributed by atoms with Crippen molar-refractivity contribution in [1.29, 1.82) is 0 Å². The molecule has 0 fully saturated rings. The molecule has 0 amide bonds. The van der Waals surface area contributed by atoms with E-state index in [1.165, 1.54) is 25.7 Å². The van der Waals surface area contributed by atoms with Crippen LogP contribution in [0.25, 0.3) is 98.2 Å². The molecule has 11 aromatic rings. The number of para-hydroxylation sites is 4. The first-order chi connectivity index (χ1) is 25.3. The van der Waals surface area contributed by atoms with Crippen molar-refractivity contribution in [3.8, 4) is 34.4 Å². The molecule has 0 bridgehead atoms. The van der Waals surface area contributed by atoms with Gasteiger partial charge in [-0.2, -0.15) is 15.0 Å². The summed E-state index contributed by atoms with van der Waals surface area (Å²) < 4.78 is 6.92. The van der Waals surface area contributed by atoms with E-state index < -0.39 is 0 Å². The van der Waals surface area contributed by atoms with E-state index in [2.05, 4.69) is 173 Å². The smallest absolute Gasteiger partial charge is 0.240 e. The summed E-state index contributed by atoms with van der Waals surface area (Å²) >= 11 is 1.84. The van der Waals surface area contributed by atoms with Crippen LogP contribution >= 0.6 is 11.3 Å². The van der Waals surface area contributed by atoms with Gasteiger partial charge in [0.2, 0.25) is 11.9 Å². The Labute approximate surface area is 296 Å². The predicted molar refractivity (Wildman–Crippen MR) is 212 cm³/mol. The molecule has 0 spiro atoms. The van der Waals surface area contributed by atoms with Crippen LogP contribution in [0.2, 0.25) is 0 Å². The molecule has 0 atom stereocenters. The summed E-state index contributed by atoms with van der Waals surface area (Å²) in [6, 6.07) is 57.8. The van der Waals surface area contributed by atoms with E-state index in [0.717, 1.165) is 54.7 Å². The summed E-state index contributed by atoms with van der Waals surface area (Å²) in [7, 11) is 0. The second kappa shape index (κ2) is 10.9. The van der Waals surface area contributed by atoms with Gasteiger partial charge in [0.15, 0.2) is 5.82 Å². The molecule has 5 nitrogen and oxygen atoms in total. The number of nitrogens with zero attached hydrogens (tertiary/aromatic N) is 5. The van der Waals surface area contributed by atoms with Crippen molar-refractivity contribution < 1.29 is 0 Å². The van der Waals surface area contributed by atoms with Gasteiger partial charge >= 0.3 is 0 Å². The van der Waals surface area contributed by atoms with Crippen LogP contribution in [-0.2, 0) is 0 Å². The van der Waals surface area contributed by atoms with Gasteiger partial charge in [-0.3, -0.25) is 9.13 Å². The first kappa shape index (κ1) is 28.2. The maximum absolute atomic E-state index is 5.30. The largest absolute Gasteiger partial charge is 0.278 e. The Balaban J connectivity index is 1.20. The molecule has 4 aromatic heterocycles. The molecule has 0 saturated heterocycles. The summed E-state index contributed by atoms with van der Waals surface area (Å²) in [5.74, 6) is 1.76. The molecule has 0 unspecified atom stereocenters. The Morgan fingerprint density at radius 3 is 1.39 bits per heavy atom. The van der Waals surface area contributed by atoms with Crippen molar-refractivity contribution in [2.75, 3.05) is 0 Å². The third kappa shape index (κ3) is 4.24. The molecule has 0 aliphatic carbocycles. The number of hydrogen-bond acceptors (Lipinski definition) is 4. The van der Waals surface area contributed by atoms with Crippen molar-refractivity contribution in [3.05, 3.63) is 164 Å². The zero-order valence-electron chi connectivity index (χ0n) is 27.2. The number of aromatic nitrogens is 5. The number of benzene rings is 7. The van der Waals surface area contributed by atoms with E-state index in [1.807, 2.05) is 11.3 Å². The summed E-state index contributed by atoms with van der Waals surface area (Å²) in [4.78, 5) is 15.9. The van der Waals surface area contributed by atoms with Crippen LogP contribution in [0.15, 0.2) is 164 Å². The van der Waals surface area contributed by atoms with Gasteiger partial charge in [0.25, 0.3) is 0 Å². The Bertz CT molecular complexity index is 2930. The standard InChI is InChI=1S/C45H27N5S/c1-6-21-36-31(15-1)32-16-2-7-22-37(32)49(36)44-46-43(47-45(48-44)50-38-23-8-3-17-33(38)34-18-4-9-24-39(34)50)29-14-11-13-28(27-29)30-20-12-26-41-42(30)35-19-5-10-25-40(35)51-41/h1-27H. The summed E-state index contributed by atoms with van der Waals surface area (Å²) in [5, 5.41) is 7.19. The minimum absolute atomic E-state index is 0.575. The molecule has 0 radical (unpaired) electrons. The van der Waals surface area contributed by atoms with Crippen LogP contribution in [-0.4, -0.2) is 24.1 Å². The highest BCUT2D eigenvalue weighted by Gasteiger charge is 2.21. The molecular formula is C45H27N5S. The van der Waals surface area contributed by atoms with Crippen LogP contribution in [0.4, 0.5) is 0 Å². The molecule has 11 rings (SSSR count). The van der Waals surface area contributed by atoms with E-state index in [4.69, 9.17) is 15.0 Å². The van der Waals surface area contributed by atoms with Gasteiger partial charge in [0, 0.05) is 47.3 Å². The molecule has 0 N–H and O–H groups in total. The second-order valence-electron chi connectivity index (χ2n) is 12.9. The lowest BCUT2D eigenvalue weighted by Crippen LogP contribution is -2.10. The Morgan fingerprint density at radius 1 is 0.373 bits per heavy atom. The van der Waals surface area contributed by atoms with Crippen LogP contribution in [0.5, 0.6) is 0 Å². The number of rotatable bonds is 4. The molecule has 4 heterocycles. The molecule has 6 heteroatoms. The third-order valence-corrected chi connectivity index (χ3v) is 11.1. The lowest BCUT2D eigenvalue weighted by atomic mass is 9.98. The zero-order chi connectivity index (χ0) is 33.5. The fraction of sp³-hybridized carbons (Fsp3) is 0. The van der Waals surface area contributed by atoms with Gasteiger partial charge in [-0.05, 0) is 53.6 Å². The van der Waals surface area contributed by atoms with Gasteiger partial charge in [-0.1, -0.05) is 121 Å². The summed E-state index contributed by atoms with van der Waals surface area (Å²) in [6.07, 6.45) is 0. The van der Waals surface area contributed by atoms with Crippen molar-refractivity contribution in [1.82, 2.24) is 24.1 Å². The highest BCUT2D eigenvalue weighted by Crippen LogP contribution is 2.41. The summed E-state index contributed by atoms with van der Waals surface area (Å²) in [6.45, 7) is 0. The van der Waals surface area contributed by atoms with Crippen molar-refractivity contribution in [2.45, 2.75) is 0 Å². The van der Waals surface area contributed by atoms with Crippen molar-refractivity contribution in [3.63, 3.8) is 0 Å². The van der Waals surface area contributed by atoms with Crippen LogP contribution < -0.4 is 0 Å². The number of hydrogen-bond donors (Lipinski definition) is 0. The first-order valence-electron chi connectivity index (χ1n) is 17.0. The minimum Gasteiger partial charge on any atom is -0.278 e. The molecule has 0 aliphatic rings. The highest BCUT2D eigenvalue weighted by molar-refractivity contribution is 7.25. The molecule has 7 aromatic carbocycles. The van der Waals surface area contributed by atoms with E-state index >= 15 is 0 Å². The Hall–Kier alpha value is -6.63. The molecule has 0 saturated carbocycles. The SMILES string of the molecule is c1cc(-c2nc(-n3c4ccccc4c4ccccc43)nc(-n3c4ccccc4c4ccccc43)n2)cc(-c2cccc3sc4ccccc4c23)c1. The monoisotopic (exact) mass is 669 g/mol. The number of thiophene rings is 1. The van der Waals surface area contributed by atoms with Gasteiger partial charge < -0.3 is 0 Å². The third-order valence-electron chi connectivity index (χ3n) is 10.0. The normalized spacial score (nSPS) is 11.9. The lowest BCUT2D eigenvalue weighted by Gasteiger charge is -2.13. The average Bonchev–Trinajstić information content (AvgIpc) is 3.86. The van der Waals surface area contributed by atoms with Crippen LogP contribution in [0.1, 0.15) is 0 Å². The maximum Gasteiger partial charge on any atom is 0.240 e. The van der Waals surface area contributed by atoms with Crippen LogP contribution in [0, 0.1) is 0 Å². The highest BCUT2D eigenvalue weighted by atomic mass is 32.1. The van der Waals surface area contributed by atoms with Gasteiger partial charge in [-0.15, -0.1) is 11.3 Å². The molecule has 51 heavy (non-hydrogen) atoms. The van der Waals surface area contributed by atoms with E-state index in [9.17, 15) is 0 Å². The van der Waals surface area contributed by atoms with Gasteiger partial charge in [0.05, 0.1) is 22.1 Å². The van der Waals surface area contributed by atoms with Crippen molar-refractivity contribution in [2.24, 2.45) is 0 Å². The van der Waals surface area contributed by atoms with Gasteiger partial charge in [0.1, 0.15) is 0 Å². The maximum atomic E-state index is 5.30. The average molecular weight is 670 g/mol. The Kier molecular flexibility index (Phi) is 6.05. The molecule has 0 aliphatic heterocycles. The minimum atomic E-state index is 0.575. The number of fused-ring (bicyclic) bond motifs is 9. The van der Waals surface area contributed by atoms with Crippen molar-refractivity contribution >= 4 is 75.1 Å². The van der Waals surface area contributed by atoms with E-state index in [-0.39, 0.29) is 0 Å². The quantitative estimate of drug-likeness (QED) is 0.187. The Morgan fingerprint density at radius 2 is 0.824 bits per heavy atom. The molecular weight excluding hydrogens is 643 g/mol. The first-order valence-corrected chi connectivity index (χ1v) is 17.9. The predicted octanol–water partition coefficient (Wildman–Crippen LogP) is 11.8. The topological polar surface area (TPSA) is 48.5 Å². The second-order valence-corrected chi connectivity index (χ2v) is 13.9. The summed E-state index contributed by atoms with van der Waals surface area (Å²) in [5.41, 5.74) is 7.45. The van der Waals surface area contributed by atoms with E-state index in [0.29, 0.717) is 17.7 Å². The van der Waals surface area contributed by atoms with E-state index in [1.54, 1.807) is 0 Å². The lowest BCUT2D eigenvalue weighted by molar-refractivity contribution is 0.893. The zero-order valence-corrected chi connectivity index (χ0v) is 28.0. The fourth-order valence-electron chi connectivity index (χ4n) is 7.80. The van der Waals surface area contributed by atoms with Crippen LogP contribution in [0.3, 0.4) is 0 Å². The molecule has 238 valence electrons. The fourth-order valence-corrected chi connectivity index (χ4v) is 8.93. The van der Waals surface area contributed by atoms with Gasteiger partial charge in [-0.25, -0.2) is 0 Å².